The van der Waals surface area contributed by atoms with E-state index in [0.29, 0.717) is 5.56 Å². The van der Waals surface area contributed by atoms with E-state index >= 15 is 0 Å². The molecule has 0 aliphatic carbocycles. The molecule has 2 amide bonds. The summed E-state index contributed by atoms with van der Waals surface area (Å²) in [5.74, 6) is -1.69. The van der Waals surface area contributed by atoms with Crippen LogP contribution in [0.15, 0.2) is 60.7 Å². The van der Waals surface area contributed by atoms with Crippen LogP contribution in [-0.2, 0) is 20.7 Å². The van der Waals surface area contributed by atoms with E-state index in [4.69, 9.17) is 10.5 Å². The van der Waals surface area contributed by atoms with E-state index in [2.05, 4.69) is 10.6 Å². The Hall–Kier alpha value is -3.19. The SMILES string of the molecule is COC(=O)C(Cc1ccccc1)NC(=O)C(N)(CC(C)C)NC(=O)c1ccccc1. The van der Waals surface area contributed by atoms with Crippen molar-refractivity contribution >= 4 is 17.8 Å². The minimum atomic E-state index is -1.69. The molecule has 0 heterocycles. The first kappa shape index (κ1) is 23.1. The van der Waals surface area contributed by atoms with Gasteiger partial charge in [0.2, 0.25) is 0 Å². The van der Waals surface area contributed by atoms with Crippen molar-refractivity contribution in [2.24, 2.45) is 11.7 Å². The third-order valence-corrected chi connectivity index (χ3v) is 4.58. The maximum atomic E-state index is 13.1. The van der Waals surface area contributed by atoms with Crippen molar-refractivity contribution in [3.63, 3.8) is 0 Å². The van der Waals surface area contributed by atoms with E-state index in [-0.39, 0.29) is 18.8 Å². The van der Waals surface area contributed by atoms with Crippen molar-refractivity contribution in [2.45, 2.75) is 38.4 Å². The molecular weight excluding hydrogens is 382 g/mol. The summed E-state index contributed by atoms with van der Waals surface area (Å²) in [6.45, 7) is 3.79. The molecular formula is C23H29N3O4. The molecule has 0 spiro atoms. The number of hydrogen-bond acceptors (Lipinski definition) is 5. The van der Waals surface area contributed by atoms with Crippen LogP contribution in [0.4, 0.5) is 0 Å². The third-order valence-electron chi connectivity index (χ3n) is 4.58. The van der Waals surface area contributed by atoms with Crippen LogP contribution in [0.5, 0.6) is 0 Å². The smallest absolute Gasteiger partial charge is 0.328 e. The van der Waals surface area contributed by atoms with E-state index in [1.165, 1.54) is 7.11 Å². The number of nitrogens with two attached hydrogens (primary N) is 1. The molecule has 160 valence electrons. The van der Waals surface area contributed by atoms with Gasteiger partial charge in [0.15, 0.2) is 5.66 Å². The third kappa shape index (κ3) is 6.42. The Morgan fingerprint density at radius 1 is 1.00 bits per heavy atom. The van der Waals surface area contributed by atoms with Gasteiger partial charge in [-0.05, 0) is 30.0 Å². The number of carbonyl (C=O) groups excluding carboxylic acids is 3. The molecule has 7 nitrogen and oxygen atoms in total. The molecule has 30 heavy (non-hydrogen) atoms. The number of esters is 1. The summed E-state index contributed by atoms with van der Waals surface area (Å²) in [6, 6.07) is 16.8. The van der Waals surface area contributed by atoms with Gasteiger partial charge < -0.3 is 21.1 Å². The highest BCUT2D eigenvalue weighted by molar-refractivity contribution is 5.99. The Balaban J connectivity index is 2.22. The van der Waals surface area contributed by atoms with Gasteiger partial charge in [0.1, 0.15) is 6.04 Å². The number of amides is 2. The van der Waals surface area contributed by atoms with Crippen molar-refractivity contribution in [2.75, 3.05) is 7.11 Å². The molecule has 0 aliphatic rings. The first-order chi connectivity index (χ1) is 14.2. The molecule has 0 radical (unpaired) electrons. The Kier molecular flexibility index (Phi) is 8.12. The van der Waals surface area contributed by atoms with E-state index in [1.54, 1.807) is 30.3 Å². The average Bonchev–Trinajstić information content (AvgIpc) is 2.73. The molecule has 2 aromatic rings. The zero-order valence-electron chi connectivity index (χ0n) is 17.6. The topological polar surface area (TPSA) is 111 Å². The van der Waals surface area contributed by atoms with Gasteiger partial charge >= 0.3 is 5.97 Å². The van der Waals surface area contributed by atoms with Gasteiger partial charge in [0.05, 0.1) is 7.11 Å². The molecule has 2 unspecified atom stereocenters. The van der Waals surface area contributed by atoms with Gasteiger partial charge in [0, 0.05) is 12.0 Å². The molecule has 0 bridgehead atoms. The van der Waals surface area contributed by atoms with Crippen LogP contribution in [0.1, 0.15) is 36.2 Å². The lowest BCUT2D eigenvalue weighted by Crippen LogP contribution is -2.67. The molecule has 4 N–H and O–H groups in total. The first-order valence-corrected chi connectivity index (χ1v) is 9.84. The summed E-state index contributed by atoms with van der Waals surface area (Å²) in [5, 5.41) is 5.31. The number of hydrogen-bond donors (Lipinski definition) is 3. The summed E-state index contributed by atoms with van der Waals surface area (Å²) < 4.78 is 4.85. The van der Waals surface area contributed by atoms with Crippen molar-refractivity contribution < 1.29 is 19.1 Å². The van der Waals surface area contributed by atoms with Crippen LogP contribution in [0.25, 0.3) is 0 Å². The fraction of sp³-hybridized carbons (Fsp3) is 0.348. The van der Waals surface area contributed by atoms with Gasteiger partial charge in [-0.3, -0.25) is 9.59 Å². The van der Waals surface area contributed by atoms with E-state index in [1.807, 2.05) is 44.2 Å². The Morgan fingerprint density at radius 2 is 1.57 bits per heavy atom. The van der Waals surface area contributed by atoms with E-state index in [0.717, 1.165) is 5.56 Å². The van der Waals surface area contributed by atoms with Crippen LogP contribution in [0.2, 0.25) is 0 Å². The Morgan fingerprint density at radius 3 is 2.10 bits per heavy atom. The quantitative estimate of drug-likeness (QED) is 0.432. The molecule has 0 aliphatic heterocycles. The number of carbonyl (C=O) groups is 3. The number of benzene rings is 2. The highest BCUT2D eigenvalue weighted by Gasteiger charge is 2.39. The zero-order valence-corrected chi connectivity index (χ0v) is 17.6. The second-order valence-electron chi connectivity index (χ2n) is 7.63. The van der Waals surface area contributed by atoms with Gasteiger partial charge in [-0.15, -0.1) is 0 Å². The van der Waals surface area contributed by atoms with Crippen LogP contribution in [0.3, 0.4) is 0 Å². The second-order valence-corrected chi connectivity index (χ2v) is 7.63. The summed E-state index contributed by atoms with van der Waals surface area (Å²) >= 11 is 0. The van der Waals surface area contributed by atoms with E-state index < -0.39 is 29.5 Å². The molecule has 7 heteroatoms. The highest BCUT2D eigenvalue weighted by atomic mass is 16.5. The molecule has 0 saturated heterocycles. The molecule has 2 aromatic carbocycles. The number of methoxy groups -OCH3 is 1. The largest absolute Gasteiger partial charge is 0.467 e. The fourth-order valence-electron chi connectivity index (χ4n) is 3.18. The highest BCUT2D eigenvalue weighted by Crippen LogP contribution is 2.15. The first-order valence-electron chi connectivity index (χ1n) is 9.84. The van der Waals surface area contributed by atoms with Crippen LogP contribution in [0, 0.1) is 5.92 Å². The number of nitrogens with one attached hydrogen (secondary N) is 2. The summed E-state index contributed by atoms with van der Waals surface area (Å²) in [7, 11) is 1.26. The number of ether oxygens (including phenoxy) is 1. The fourth-order valence-corrected chi connectivity index (χ4v) is 3.18. The molecule has 0 saturated carbocycles. The maximum absolute atomic E-state index is 13.1. The molecule has 0 aromatic heterocycles. The minimum Gasteiger partial charge on any atom is -0.467 e. The Labute approximate surface area is 177 Å². The monoisotopic (exact) mass is 411 g/mol. The van der Waals surface area contributed by atoms with Gasteiger partial charge in [-0.25, -0.2) is 4.79 Å². The summed E-state index contributed by atoms with van der Waals surface area (Å²) in [6.07, 6.45) is 0.431. The normalized spacial score (nSPS) is 13.8. The lowest BCUT2D eigenvalue weighted by Gasteiger charge is -2.32. The van der Waals surface area contributed by atoms with Crippen molar-refractivity contribution in [3.05, 3.63) is 71.8 Å². The predicted octanol–water partition coefficient (Wildman–Crippen LogP) is 2.02. The molecule has 2 rings (SSSR count). The molecule has 2 atom stereocenters. The molecule has 0 fully saturated rings. The van der Waals surface area contributed by atoms with Gasteiger partial charge in [-0.1, -0.05) is 62.4 Å². The Bertz CT molecular complexity index is 855. The second kappa shape index (κ2) is 10.5. The predicted molar refractivity (Wildman–Crippen MR) is 114 cm³/mol. The summed E-state index contributed by atoms with van der Waals surface area (Å²) in [5.41, 5.74) is 5.92. The standard InChI is InChI=1S/C23H29N3O4/c1-16(2)15-23(24,26-20(27)18-12-8-5-9-13-18)22(29)25-19(21(28)30-3)14-17-10-6-4-7-11-17/h4-13,16,19H,14-15,24H2,1-3H3,(H,25,29)(H,26,27). The van der Waals surface area contributed by atoms with Crippen LogP contribution >= 0.6 is 0 Å². The van der Waals surface area contributed by atoms with Gasteiger partial charge in [0.25, 0.3) is 11.8 Å². The summed E-state index contributed by atoms with van der Waals surface area (Å²) in [4.78, 5) is 38.1. The van der Waals surface area contributed by atoms with Crippen LogP contribution in [-0.4, -0.2) is 36.6 Å². The maximum Gasteiger partial charge on any atom is 0.328 e. The van der Waals surface area contributed by atoms with Crippen molar-refractivity contribution in [1.29, 1.82) is 0 Å². The average molecular weight is 412 g/mol. The van der Waals surface area contributed by atoms with Gasteiger partial charge in [-0.2, -0.15) is 0 Å². The van der Waals surface area contributed by atoms with Crippen molar-refractivity contribution in [3.8, 4) is 0 Å². The van der Waals surface area contributed by atoms with E-state index in [9.17, 15) is 14.4 Å². The minimum absolute atomic E-state index is 0.0162. The lowest BCUT2D eigenvalue weighted by molar-refractivity contribution is -0.146. The lowest BCUT2D eigenvalue weighted by atomic mass is 9.95. The number of rotatable bonds is 9. The zero-order chi connectivity index (χ0) is 22.1. The van der Waals surface area contributed by atoms with Crippen LogP contribution < -0.4 is 16.4 Å². The van der Waals surface area contributed by atoms with Crippen molar-refractivity contribution in [1.82, 2.24) is 10.6 Å².